The lowest BCUT2D eigenvalue weighted by atomic mass is 10.1. The highest BCUT2D eigenvalue weighted by Gasteiger charge is 2.20. The van der Waals surface area contributed by atoms with E-state index >= 15 is 0 Å². The monoisotopic (exact) mass is 213 g/mol. The second-order valence-corrected chi connectivity index (χ2v) is 4.37. The maximum Gasteiger partial charge on any atom is 0.0888 e. The summed E-state index contributed by atoms with van der Waals surface area (Å²) in [6.07, 6.45) is 6.98. The molecule has 1 aromatic carbocycles. The molecular weight excluding hydrogens is 198 g/mol. The lowest BCUT2D eigenvalue weighted by Gasteiger charge is -2.12. The molecule has 0 spiro atoms. The smallest absolute Gasteiger partial charge is 0.0888 e. The third-order valence-electron chi connectivity index (χ3n) is 3.31. The van der Waals surface area contributed by atoms with Crippen LogP contribution in [-0.2, 0) is 0 Å². The van der Waals surface area contributed by atoms with Gasteiger partial charge in [0.2, 0.25) is 0 Å². The van der Waals surface area contributed by atoms with Gasteiger partial charge in [0.1, 0.15) is 0 Å². The van der Waals surface area contributed by atoms with Gasteiger partial charge in [-0.1, -0.05) is 48.4 Å². The van der Waals surface area contributed by atoms with E-state index in [4.69, 9.17) is 0 Å². The van der Waals surface area contributed by atoms with Crippen LogP contribution in [0.15, 0.2) is 36.5 Å². The molecular formula is C13H15N3. The summed E-state index contributed by atoms with van der Waals surface area (Å²) in [6, 6.07) is 10.9. The number of nitrogens with zero attached hydrogens (tertiary/aromatic N) is 3. The van der Waals surface area contributed by atoms with Crippen LogP contribution >= 0.6 is 0 Å². The summed E-state index contributed by atoms with van der Waals surface area (Å²) in [7, 11) is 0. The first kappa shape index (κ1) is 9.58. The summed E-state index contributed by atoms with van der Waals surface area (Å²) in [5.41, 5.74) is 2.35. The first-order chi connectivity index (χ1) is 7.95. The molecule has 1 heterocycles. The highest BCUT2D eigenvalue weighted by atomic mass is 15.4. The minimum atomic E-state index is 0.553. The summed E-state index contributed by atoms with van der Waals surface area (Å²) in [6.45, 7) is 0. The third kappa shape index (κ3) is 1.62. The molecule has 0 radical (unpaired) electrons. The molecule has 1 saturated carbocycles. The van der Waals surface area contributed by atoms with Crippen LogP contribution in [0.25, 0.3) is 11.3 Å². The molecule has 1 aliphatic rings. The van der Waals surface area contributed by atoms with Gasteiger partial charge in [0, 0.05) is 5.56 Å². The van der Waals surface area contributed by atoms with Gasteiger partial charge in [0.05, 0.1) is 17.9 Å². The molecule has 1 fully saturated rings. The Morgan fingerprint density at radius 1 is 1.06 bits per heavy atom. The van der Waals surface area contributed by atoms with Crippen molar-refractivity contribution in [3.63, 3.8) is 0 Å². The zero-order valence-corrected chi connectivity index (χ0v) is 9.21. The van der Waals surface area contributed by atoms with Gasteiger partial charge in [-0.15, -0.1) is 5.10 Å². The van der Waals surface area contributed by atoms with Crippen LogP contribution in [0.1, 0.15) is 31.7 Å². The fourth-order valence-electron chi connectivity index (χ4n) is 2.48. The molecule has 3 rings (SSSR count). The van der Waals surface area contributed by atoms with Crippen molar-refractivity contribution in [3.05, 3.63) is 36.5 Å². The van der Waals surface area contributed by atoms with E-state index in [1.807, 2.05) is 12.3 Å². The Bertz CT molecular complexity index is 455. The highest BCUT2D eigenvalue weighted by molar-refractivity contribution is 5.58. The van der Waals surface area contributed by atoms with Gasteiger partial charge in [-0.3, -0.25) is 0 Å². The Morgan fingerprint density at radius 2 is 1.81 bits per heavy atom. The van der Waals surface area contributed by atoms with E-state index in [2.05, 4.69) is 39.3 Å². The van der Waals surface area contributed by atoms with Gasteiger partial charge in [-0.2, -0.15) is 0 Å². The summed E-state index contributed by atoms with van der Waals surface area (Å²) in [5.74, 6) is 0. The zero-order chi connectivity index (χ0) is 10.8. The fraction of sp³-hybridized carbons (Fsp3) is 0.385. The molecule has 1 aromatic heterocycles. The first-order valence-electron chi connectivity index (χ1n) is 5.91. The fourth-order valence-corrected chi connectivity index (χ4v) is 2.48. The van der Waals surface area contributed by atoms with Crippen LogP contribution < -0.4 is 0 Å². The van der Waals surface area contributed by atoms with Crippen molar-refractivity contribution in [1.29, 1.82) is 0 Å². The summed E-state index contributed by atoms with van der Waals surface area (Å²) < 4.78 is 2.10. The molecule has 0 amide bonds. The Hall–Kier alpha value is -1.64. The van der Waals surface area contributed by atoms with Crippen LogP contribution in [0, 0.1) is 0 Å². The zero-order valence-electron chi connectivity index (χ0n) is 9.21. The maximum atomic E-state index is 4.24. The lowest BCUT2D eigenvalue weighted by Crippen LogP contribution is -2.08. The Morgan fingerprint density at radius 3 is 2.56 bits per heavy atom. The molecule has 3 nitrogen and oxygen atoms in total. The predicted octanol–water partition coefficient (Wildman–Crippen LogP) is 3.06. The molecule has 3 heteroatoms. The molecule has 0 saturated heterocycles. The standard InChI is InChI=1S/C13H15N3/c1-2-6-11(7-3-1)13-10-14-15-16(13)12-8-4-5-9-12/h1-3,6-7,10,12H,4-5,8-9H2. The van der Waals surface area contributed by atoms with Crippen molar-refractivity contribution < 1.29 is 0 Å². The molecule has 16 heavy (non-hydrogen) atoms. The number of aromatic nitrogens is 3. The minimum Gasteiger partial charge on any atom is -0.242 e. The van der Waals surface area contributed by atoms with Crippen LogP contribution in [0.3, 0.4) is 0 Å². The van der Waals surface area contributed by atoms with Gasteiger partial charge >= 0.3 is 0 Å². The Balaban J connectivity index is 1.99. The third-order valence-corrected chi connectivity index (χ3v) is 3.31. The molecule has 1 aliphatic carbocycles. The van der Waals surface area contributed by atoms with Gasteiger partial charge < -0.3 is 0 Å². The first-order valence-corrected chi connectivity index (χ1v) is 5.91. The second kappa shape index (κ2) is 4.08. The van der Waals surface area contributed by atoms with Gasteiger partial charge in [-0.05, 0) is 12.8 Å². The van der Waals surface area contributed by atoms with Crippen molar-refractivity contribution in [2.45, 2.75) is 31.7 Å². The average molecular weight is 213 g/mol. The molecule has 2 aromatic rings. The number of rotatable bonds is 2. The minimum absolute atomic E-state index is 0.553. The number of hydrogen-bond donors (Lipinski definition) is 0. The SMILES string of the molecule is c1ccc(-c2cnnn2C2CCCC2)cc1. The maximum absolute atomic E-state index is 4.24. The van der Waals surface area contributed by atoms with E-state index in [0.717, 1.165) is 5.69 Å². The van der Waals surface area contributed by atoms with Crippen molar-refractivity contribution in [2.24, 2.45) is 0 Å². The lowest BCUT2D eigenvalue weighted by molar-refractivity contribution is 0.458. The number of benzene rings is 1. The highest BCUT2D eigenvalue weighted by Crippen LogP contribution is 2.32. The van der Waals surface area contributed by atoms with Crippen LogP contribution in [-0.4, -0.2) is 15.0 Å². The predicted molar refractivity (Wildman–Crippen MR) is 63.0 cm³/mol. The summed E-state index contributed by atoms with van der Waals surface area (Å²) in [4.78, 5) is 0. The van der Waals surface area contributed by atoms with E-state index in [1.54, 1.807) is 0 Å². The van der Waals surface area contributed by atoms with E-state index in [1.165, 1.54) is 31.2 Å². The molecule has 0 bridgehead atoms. The molecule has 0 aliphatic heterocycles. The van der Waals surface area contributed by atoms with Crippen molar-refractivity contribution in [3.8, 4) is 11.3 Å². The average Bonchev–Trinajstić information content (AvgIpc) is 3.01. The van der Waals surface area contributed by atoms with E-state index < -0.39 is 0 Å². The van der Waals surface area contributed by atoms with Gasteiger partial charge in [-0.25, -0.2) is 4.68 Å². The second-order valence-electron chi connectivity index (χ2n) is 4.37. The van der Waals surface area contributed by atoms with Gasteiger partial charge in [0.25, 0.3) is 0 Å². The Kier molecular flexibility index (Phi) is 2.44. The quantitative estimate of drug-likeness (QED) is 0.767. The summed E-state index contributed by atoms with van der Waals surface area (Å²) >= 11 is 0. The van der Waals surface area contributed by atoms with Crippen molar-refractivity contribution >= 4 is 0 Å². The van der Waals surface area contributed by atoms with E-state index in [0.29, 0.717) is 6.04 Å². The Labute approximate surface area is 95.1 Å². The normalized spacial score (nSPS) is 16.8. The van der Waals surface area contributed by atoms with Crippen LogP contribution in [0.2, 0.25) is 0 Å². The van der Waals surface area contributed by atoms with Crippen LogP contribution in [0.5, 0.6) is 0 Å². The topological polar surface area (TPSA) is 30.7 Å². The van der Waals surface area contributed by atoms with Crippen molar-refractivity contribution in [1.82, 2.24) is 15.0 Å². The van der Waals surface area contributed by atoms with Gasteiger partial charge in [0.15, 0.2) is 0 Å². The van der Waals surface area contributed by atoms with E-state index in [-0.39, 0.29) is 0 Å². The number of hydrogen-bond acceptors (Lipinski definition) is 2. The van der Waals surface area contributed by atoms with E-state index in [9.17, 15) is 0 Å². The van der Waals surface area contributed by atoms with Crippen LogP contribution in [0.4, 0.5) is 0 Å². The molecule has 0 atom stereocenters. The van der Waals surface area contributed by atoms with Crippen molar-refractivity contribution in [2.75, 3.05) is 0 Å². The largest absolute Gasteiger partial charge is 0.242 e. The molecule has 82 valence electrons. The molecule has 0 unspecified atom stereocenters. The molecule has 0 N–H and O–H groups in total. The summed E-state index contributed by atoms with van der Waals surface area (Å²) in [5, 5.41) is 8.30.